The molecular weight excluding hydrogens is 432 g/mol. The number of nitrogens with zero attached hydrogens (tertiary/aromatic N) is 3. The molecule has 7 nitrogen and oxygen atoms in total. The number of nitrogens with one attached hydrogen (secondary N) is 1. The Morgan fingerprint density at radius 3 is 2.48 bits per heavy atom. The maximum absolute atomic E-state index is 12.6. The van der Waals surface area contributed by atoms with Crippen LogP contribution in [0.3, 0.4) is 0 Å². The molecule has 1 aromatic heterocycles. The molecule has 0 spiro atoms. The molecule has 0 aliphatic carbocycles. The SMILES string of the molecule is Cn1c(CS(=O)(=O)c2ccccc2)nnc1SCC(=O)Nc1cccc2ccccc12. The minimum atomic E-state index is -3.53. The summed E-state index contributed by atoms with van der Waals surface area (Å²) in [5.74, 6) is 0.00723. The lowest BCUT2D eigenvalue weighted by atomic mass is 10.1. The molecule has 4 aromatic rings. The molecule has 0 radical (unpaired) electrons. The van der Waals surface area contributed by atoms with Crippen LogP contribution in [0.15, 0.2) is 82.8 Å². The minimum absolute atomic E-state index is 0.126. The van der Waals surface area contributed by atoms with Crippen LogP contribution >= 0.6 is 11.8 Å². The van der Waals surface area contributed by atoms with Crippen molar-refractivity contribution in [3.63, 3.8) is 0 Å². The van der Waals surface area contributed by atoms with Gasteiger partial charge in [0.1, 0.15) is 11.6 Å². The number of hydrogen-bond acceptors (Lipinski definition) is 6. The lowest BCUT2D eigenvalue weighted by Gasteiger charge is -2.09. The highest BCUT2D eigenvalue weighted by Crippen LogP contribution is 2.24. The number of carbonyl (C=O) groups is 1. The Hall–Kier alpha value is -3.17. The lowest BCUT2D eigenvalue weighted by Crippen LogP contribution is -2.15. The number of rotatable bonds is 7. The Balaban J connectivity index is 1.41. The molecule has 158 valence electrons. The van der Waals surface area contributed by atoms with Gasteiger partial charge in [0.05, 0.1) is 10.6 Å². The molecule has 4 rings (SSSR count). The third kappa shape index (κ3) is 4.78. The topological polar surface area (TPSA) is 93.9 Å². The zero-order chi connectivity index (χ0) is 21.8. The molecule has 0 bridgehead atoms. The Kier molecular flexibility index (Phi) is 6.06. The summed E-state index contributed by atoms with van der Waals surface area (Å²) in [4.78, 5) is 12.7. The molecule has 0 saturated carbocycles. The first-order valence-corrected chi connectivity index (χ1v) is 12.1. The molecule has 9 heteroatoms. The van der Waals surface area contributed by atoms with E-state index in [9.17, 15) is 13.2 Å². The fourth-order valence-electron chi connectivity index (χ4n) is 3.13. The van der Waals surface area contributed by atoms with Gasteiger partial charge in [-0.1, -0.05) is 66.4 Å². The largest absolute Gasteiger partial charge is 0.325 e. The molecule has 0 fully saturated rings. The summed E-state index contributed by atoms with van der Waals surface area (Å²) in [5.41, 5.74) is 0.747. The zero-order valence-electron chi connectivity index (χ0n) is 16.7. The molecule has 1 heterocycles. The number of thioether (sulfide) groups is 1. The van der Waals surface area contributed by atoms with Gasteiger partial charge in [-0.25, -0.2) is 8.42 Å². The Bertz CT molecular complexity index is 1330. The van der Waals surface area contributed by atoms with Gasteiger partial charge in [0.2, 0.25) is 5.91 Å². The molecule has 31 heavy (non-hydrogen) atoms. The van der Waals surface area contributed by atoms with Gasteiger partial charge in [-0.05, 0) is 23.6 Å². The number of anilines is 1. The second-order valence-corrected chi connectivity index (χ2v) is 9.83. The quantitative estimate of drug-likeness (QED) is 0.430. The van der Waals surface area contributed by atoms with E-state index in [-0.39, 0.29) is 22.3 Å². The van der Waals surface area contributed by atoms with Crippen molar-refractivity contribution in [2.24, 2.45) is 7.05 Å². The van der Waals surface area contributed by atoms with Gasteiger partial charge in [-0.2, -0.15) is 0 Å². The number of fused-ring (bicyclic) bond motifs is 1. The van der Waals surface area contributed by atoms with Crippen molar-refractivity contribution in [1.82, 2.24) is 14.8 Å². The molecule has 0 aliphatic rings. The van der Waals surface area contributed by atoms with Gasteiger partial charge in [-0.15, -0.1) is 10.2 Å². The summed E-state index contributed by atoms with van der Waals surface area (Å²) in [6.45, 7) is 0. The van der Waals surface area contributed by atoms with Crippen LogP contribution in [-0.2, 0) is 27.4 Å². The Morgan fingerprint density at radius 2 is 1.68 bits per heavy atom. The standard InChI is InChI=1S/C22H20N4O3S2/c1-26-20(15-31(28,29)17-10-3-2-4-11-17)24-25-22(26)30-14-21(27)23-19-13-7-9-16-8-5-6-12-18(16)19/h2-13H,14-15H2,1H3,(H,23,27). The van der Waals surface area contributed by atoms with E-state index in [0.717, 1.165) is 16.5 Å². The summed E-state index contributed by atoms with van der Waals surface area (Å²) in [5, 5.41) is 13.5. The lowest BCUT2D eigenvalue weighted by molar-refractivity contribution is -0.113. The smallest absolute Gasteiger partial charge is 0.234 e. The van der Waals surface area contributed by atoms with E-state index in [0.29, 0.717) is 11.0 Å². The van der Waals surface area contributed by atoms with Crippen molar-refractivity contribution < 1.29 is 13.2 Å². The van der Waals surface area contributed by atoms with Crippen LogP contribution in [0, 0.1) is 0 Å². The zero-order valence-corrected chi connectivity index (χ0v) is 18.4. The Morgan fingerprint density at radius 1 is 0.968 bits per heavy atom. The van der Waals surface area contributed by atoms with Crippen molar-refractivity contribution >= 4 is 44.0 Å². The van der Waals surface area contributed by atoms with Gasteiger partial charge in [-0.3, -0.25) is 4.79 Å². The van der Waals surface area contributed by atoms with Gasteiger partial charge in [0, 0.05) is 18.1 Å². The number of benzene rings is 3. The number of aromatic nitrogens is 3. The fraction of sp³-hybridized carbons (Fsp3) is 0.136. The Labute approximate surface area is 184 Å². The van der Waals surface area contributed by atoms with E-state index in [4.69, 9.17) is 0 Å². The van der Waals surface area contributed by atoms with Crippen LogP contribution < -0.4 is 5.32 Å². The predicted octanol–water partition coefficient (Wildman–Crippen LogP) is 3.67. The minimum Gasteiger partial charge on any atom is -0.325 e. The van der Waals surface area contributed by atoms with E-state index in [2.05, 4.69) is 15.5 Å². The number of amides is 1. The van der Waals surface area contributed by atoms with Crippen LogP contribution in [0.5, 0.6) is 0 Å². The van der Waals surface area contributed by atoms with Crippen LogP contribution in [0.2, 0.25) is 0 Å². The molecule has 1 N–H and O–H groups in total. The molecule has 0 saturated heterocycles. The van der Waals surface area contributed by atoms with Crippen LogP contribution in [0.4, 0.5) is 5.69 Å². The van der Waals surface area contributed by atoms with Crippen molar-refractivity contribution in [3.05, 3.63) is 78.6 Å². The van der Waals surface area contributed by atoms with Crippen LogP contribution in [0.1, 0.15) is 5.82 Å². The van der Waals surface area contributed by atoms with E-state index in [1.807, 2.05) is 42.5 Å². The molecule has 0 unspecified atom stereocenters. The van der Waals surface area contributed by atoms with Crippen LogP contribution in [0.25, 0.3) is 10.8 Å². The van der Waals surface area contributed by atoms with Gasteiger partial charge in [0.15, 0.2) is 15.0 Å². The van der Waals surface area contributed by atoms with Crippen molar-refractivity contribution in [1.29, 1.82) is 0 Å². The molecule has 0 atom stereocenters. The average molecular weight is 453 g/mol. The first-order valence-electron chi connectivity index (χ1n) is 9.50. The molecule has 0 aliphatic heterocycles. The highest BCUT2D eigenvalue weighted by molar-refractivity contribution is 7.99. The third-order valence-electron chi connectivity index (χ3n) is 4.74. The van der Waals surface area contributed by atoms with E-state index in [1.165, 1.54) is 11.8 Å². The van der Waals surface area contributed by atoms with Crippen LogP contribution in [-0.4, -0.2) is 34.8 Å². The average Bonchev–Trinajstić information content (AvgIpc) is 3.12. The summed E-state index contributed by atoms with van der Waals surface area (Å²) in [6.07, 6.45) is 0. The molecule has 3 aromatic carbocycles. The van der Waals surface area contributed by atoms with Gasteiger partial charge < -0.3 is 9.88 Å². The number of sulfone groups is 1. The maximum atomic E-state index is 12.6. The summed E-state index contributed by atoms with van der Waals surface area (Å²) >= 11 is 1.20. The highest BCUT2D eigenvalue weighted by Gasteiger charge is 2.20. The van der Waals surface area contributed by atoms with Gasteiger partial charge >= 0.3 is 0 Å². The fourth-order valence-corrected chi connectivity index (χ4v) is 5.19. The van der Waals surface area contributed by atoms with E-state index < -0.39 is 9.84 Å². The third-order valence-corrected chi connectivity index (χ3v) is 7.39. The summed E-state index contributed by atoms with van der Waals surface area (Å²) in [6, 6.07) is 21.8. The predicted molar refractivity (Wildman–Crippen MR) is 122 cm³/mol. The van der Waals surface area contributed by atoms with Crippen molar-refractivity contribution in [2.45, 2.75) is 15.8 Å². The number of carbonyl (C=O) groups excluding carboxylic acids is 1. The van der Waals surface area contributed by atoms with Crippen molar-refractivity contribution in [2.75, 3.05) is 11.1 Å². The first-order chi connectivity index (χ1) is 14.9. The molecular formula is C22H20N4O3S2. The summed E-state index contributed by atoms with van der Waals surface area (Å²) in [7, 11) is -1.83. The highest BCUT2D eigenvalue weighted by atomic mass is 32.2. The monoisotopic (exact) mass is 452 g/mol. The van der Waals surface area contributed by atoms with Crippen molar-refractivity contribution in [3.8, 4) is 0 Å². The maximum Gasteiger partial charge on any atom is 0.234 e. The van der Waals surface area contributed by atoms with E-state index >= 15 is 0 Å². The normalized spacial score (nSPS) is 11.5. The second-order valence-electron chi connectivity index (χ2n) is 6.89. The summed E-state index contributed by atoms with van der Waals surface area (Å²) < 4.78 is 26.8. The second kappa shape index (κ2) is 8.91. The molecule has 1 amide bonds. The van der Waals surface area contributed by atoms with E-state index in [1.54, 1.807) is 41.9 Å². The van der Waals surface area contributed by atoms with Gasteiger partial charge in [0.25, 0.3) is 0 Å². The first kappa shape index (κ1) is 21.1. The number of hydrogen-bond donors (Lipinski definition) is 1.